The Kier molecular flexibility index (Phi) is 8.17. The molecule has 6 heteroatoms. The number of carbonyl (C=O) groups is 2. The van der Waals surface area contributed by atoms with E-state index in [1.165, 1.54) is 0 Å². The smallest absolute Gasteiger partial charge is 0.272 e. The number of hydrogen-bond donors (Lipinski definition) is 2. The Balaban J connectivity index is 1.96. The highest BCUT2D eigenvalue weighted by Gasteiger charge is 2.34. The molecule has 6 nitrogen and oxygen atoms in total. The predicted octanol–water partition coefficient (Wildman–Crippen LogP) is 3.91. The monoisotopic (exact) mass is 435 g/mol. The molecule has 0 aliphatic carbocycles. The first kappa shape index (κ1) is 23.7. The number of aliphatic hydroxyl groups excluding tert-OH is 1. The van der Waals surface area contributed by atoms with Crippen LogP contribution in [0.1, 0.15) is 57.1 Å². The summed E-state index contributed by atoms with van der Waals surface area (Å²) in [6, 6.07) is 17.3. The first-order valence-corrected chi connectivity index (χ1v) is 11.5. The van der Waals surface area contributed by atoms with E-state index in [-0.39, 0.29) is 11.8 Å². The lowest BCUT2D eigenvalue weighted by molar-refractivity contribution is -0.133. The zero-order valence-electron chi connectivity index (χ0n) is 19.1. The molecule has 2 aromatic carbocycles. The number of benzene rings is 2. The van der Waals surface area contributed by atoms with Crippen molar-refractivity contribution in [3.8, 4) is 0 Å². The zero-order chi connectivity index (χ0) is 23.1. The lowest BCUT2D eigenvalue weighted by Gasteiger charge is -2.25. The number of nitrogens with one attached hydrogen (secondary N) is 1. The van der Waals surface area contributed by atoms with Crippen LogP contribution in [0.3, 0.4) is 0 Å². The summed E-state index contributed by atoms with van der Waals surface area (Å²) in [5, 5.41) is 13.5. The summed E-state index contributed by atoms with van der Waals surface area (Å²) in [4.78, 5) is 32.7. The number of carbonyl (C=O) groups excluding carboxylic acids is 2. The van der Waals surface area contributed by atoms with Gasteiger partial charge in [-0.05, 0) is 18.9 Å². The van der Waals surface area contributed by atoms with Crippen molar-refractivity contribution in [2.75, 3.05) is 11.9 Å². The molecule has 3 rings (SSSR count). The average Bonchev–Trinajstić information content (AvgIpc) is 2.92. The van der Waals surface area contributed by atoms with Crippen LogP contribution in [0.15, 0.2) is 59.6 Å². The molecule has 3 atom stereocenters. The summed E-state index contributed by atoms with van der Waals surface area (Å²) < 4.78 is 0. The largest absolute Gasteiger partial charge is 0.392 e. The summed E-state index contributed by atoms with van der Waals surface area (Å²) in [7, 11) is 1.70. The topological polar surface area (TPSA) is 82.0 Å². The van der Waals surface area contributed by atoms with Crippen LogP contribution >= 0.6 is 0 Å². The number of aliphatic imine (C=N–C) groups is 1. The number of benzodiazepines with no additional fused rings is 1. The molecule has 2 amide bonds. The van der Waals surface area contributed by atoms with Gasteiger partial charge in [0.05, 0.1) is 23.4 Å². The van der Waals surface area contributed by atoms with Crippen molar-refractivity contribution >= 4 is 23.2 Å². The molecule has 1 unspecified atom stereocenters. The Labute approximate surface area is 190 Å². The van der Waals surface area contributed by atoms with E-state index in [0.717, 1.165) is 36.1 Å². The molecule has 0 bridgehead atoms. The first-order chi connectivity index (χ1) is 15.5. The summed E-state index contributed by atoms with van der Waals surface area (Å²) in [5.74, 6) is -1.20. The van der Waals surface area contributed by atoms with Crippen molar-refractivity contribution in [2.24, 2.45) is 10.9 Å². The van der Waals surface area contributed by atoms with E-state index in [1.54, 1.807) is 11.9 Å². The van der Waals surface area contributed by atoms with Crippen LogP contribution in [0, 0.1) is 5.92 Å². The molecule has 1 aliphatic heterocycles. The minimum atomic E-state index is -1.06. The molecule has 2 aromatic rings. The second-order valence-electron chi connectivity index (χ2n) is 8.27. The van der Waals surface area contributed by atoms with Gasteiger partial charge in [0.15, 0.2) is 0 Å². The van der Waals surface area contributed by atoms with Gasteiger partial charge in [0.1, 0.15) is 0 Å². The van der Waals surface area contributed by atoms with E-state index < -0.39 is 18.2 Å². The molecule has 170 valence electrons. The number of unbranched alkanes of at least 4 members (excludes halogenated alkanes) is 1. The number of para-hydroxylation sites is 1. The van der Waals surface area contributed by atoms with Crippen LogP contribution in [-0.4, -0.2) is 41.9 Å². The molecular formula is C26H33N3O3. The Morgan fingerprint density at radius 2 is 1.75 bits per heavy atom. The maximum Gasteiger partial charge on any atom is 0.272 e. The fourth-order valence-electron chi connectivity index (χ4n) is 4.11. The number of rotatable bonds is 9. The van der Waals surface area contributed by atoms with Crippen LogP contribution in [0.5, 0.6) is 0 Å². The molecule has 0 radical (unpaired) electrons. The molecule has 2 N–H and O–H groups in total. The molecule has 0 saturated heterocycles. The fraction of sp³-hybridized carbons (Fsp3) is 0.423. The number of amides is 2. The third-order valence-electron chi connectivity index (χ3n) is 5.92. The van der Waals surface area contributed by atoms with Crippen molar-refractivity contribution in [1.29, 1.82) is 0 Å². The standard InChI is InChI=1S/C26H33N3O3/c1-4-6-17-22(30)20(12-5-2)25(31)28-24-26(32)29(3)21-16-11-10-15-19(21)23(27-24)18-13-8-7-9-14-18/h7-11,13-16,20,22,24,30H,4-6,12,17H2,1-3H3,(H,28,31)/t20-,22+,24?/m1/s1. The SMILES string of the molecule is CCCC[C@H](O)[C@@H](CCC)C(=O)NC1N=C(c2ccccc2)c2ccccc2N(C)C1=O. The van der Waals surface area contributed by atoms with E-state index in [4.69, 9.17) is 4.99 Å². The Morgan fingerprint density at radius 3 is 2.44 bits per heavy atom. The lowest BCUT2D eigenvalue weighted by Crippen LogP contribution is -2.49. The Hall–Kier alpha value is -2.99. The molecule has 0 saturated carbocycles. The Bertz CT molecular complexity index is 958. The molecule has 0 spiro atoms. The molecule has 0 aromatic heterocycles. The summed E-state index contributed by atoms with van der Waals surface area (Å²) >= 11 is 0. The summed E-state index contributed by atoms with van der Waals surface area (Å²) in [6.45, 7) is 4.04. The molecule has 1 aliphatic rings. The van der Waals surface area contributed by atoms with Gasteiger partial charge in [-0.1, -0.05) is 81.6 Å². The van der Waals surface area contributed by atoms with Gasteiger partial charge in [-0.2, -0.15) is 0 Å². The number of fused-ring (bicyclic) bond motifs is 1. The highest BCUT2D eigenvalue weighted by molar-refractivity contribution is 6.20. The first-order valence-electron chi connectivity index (χ1n) is 11.5. The maximum atomic E-state index is 13.3. The van der Waals surface area contributed by atoms with E-state index in [1.807, 2.05) is 61.5 Å². The van der Waals surface area contributed by atoms with Gasteiger partial charge in [0.25, 0.3) is 5.91 Å². The summed E-state index contributed by atoms with van der Waals surface area (Å²) in [5.41, 5.74) is 3.10. The minimum Gasteiger partial charge on any atom is -0.392 e. The van der Waals surface area contributed by atoms with Crippen molar-refractivity contribution in [1.82, 2.24) is 5.32 Å². The third kappa shape index (κ3) is 5.25. The maximum absolute atomic E-state index is 13.3. The van der Waals surface area contributed by atoms with Crippen molar-refractivity contribution in [3.63, 3.8) is 0 Å². The number of anilines is 1. The second kappa shape index (κ2) is 11.0. The van der Waals surface area contributed by atoms with Crippen LogP contribution in [-0.2, 0) is 9.59 Å². The van der Waals surface area contributed by atoms with Gasteiger partial charge < -0.3 is 15.3 Å². The molecule has 32 heavy (non-hydrogen) atoms. The van der Waals surface area contributed by atoms with E-state index in [0.29, 0.717) is 18.6 Å². The Morgan fingerprint density at radius 1 is 1.06 bits per heavy atom. The van der Waals surface area contributed by atoms with Crippen molar-refractivity contribution in [2.45, 2.75) is 58.2 Å². The normalized spacial score (nSPS) is 17.8. The second-order valence-corrected chi connectivity index (χ2v) is 8.27. The third-order valence-corrected chi connectivity index (χ3v) is 5.92. The number of likely N-dealkylation sites (N-methyl/N-ethyl adjacent to an activating group) is 1. The predicted molar refractivity (Wildman–Crippen MR) is 128 cm³/mol. The average molecular weight is 436 g/mol. The number of aliphatic hydroxyl groups is 1. The highest BCUT2D eigenvalue weighted by Crippen LogP contribution is 2.27. The van der Waals surface area contributed by atoms with Gasteiger partial charge in [0, 0.05) is 18.2 Å². The summed E-state index contributed by atoms with van der Waals surface area (Å²) in [6.07, 6.45) is 1.90. The van der Waals surface area contributed by atoms with Crippen LogP contribution < -0.4 is 10.2 Å². The van der Waals surface area contributed by atoms with E-state index >= 15 is 0 Å². The number of nitrogens with zero attached hydrogens (tertiary/aromatic N) is 2. The van der Waals surface area contributed by atoms with Gasteiger partial charge in [-0.25, -0.2) is 4.99 Å². The van der Waals surface area contributed by atoms with Crippen LogP contribution in [0.4, 0.5) is 5.69 Å². The molecule has 0 fully saturated rings. The fourth-order valence-corrected chi connectivity index (χ4v) is 4.11. The quantitative estimate of drug-likeness (QED) is 0.627. The van der Waals surface area contributed by atoms with Gasteiger partial charge in [-0.3, -0.25) is 9.59 Å². The lowest BCUT2D eigenvalue weighted by atomic mass is 9.92. The van der Waals surface area contributed by atoms with Gasteiger partial charge in [0.2, 0.25) is 12.1 Å². The van der Waals surface area contributed by atoms with Crippen molar-refractivity contribution in [3.05, 3.63) is 65.7 Å². The van der Waals surface area contributed by atoms with Crippen LogP contribution in [0.2, 0.25) is 0 Å². The zero-order valence-corrected chi connectivity index (χ0v) is 19.1. The van der Waals surface area contributed by atoms with Gasteiger partial charge in [-0.15, -0.1) is 0 Å². The molecular weight excluding hydrogens is 402 g/mol. The van der Waals surface area contributed by atoms with Gasteiger partial charge >= 0.3 is 0 Å². The minimum absolute atomic E-state index is 0.310. The highest BCUT2D eigenvalue weighted by atomic mass is 16.3. The molecule has 1 heterocycles. The van der Waals surface area contributed by atoms with Crippen LogP contribution in [0.25, 0.3) is 0 Å². The van der Waals surface area contributed by atoms with Crippen molar-refractivity contribution < 1.29 is 14.7 Å². The van der Waals surface area contributed by atoms with E-state index in [9.17, 15) is 14.7 Å². The number of hydrogen-bond acceptors (Lipinski definition) is 4. The van der Waals surface area contributed by atoms with E-state index in [2.05, 4.69) is 12.2 Å².